The number of carbonyl (C=O) groups is 1. The molecule has 0 radical (unpaired) electrons. The first-order valence-corrected chi connectivity index (χ1v) is 15.9. The van der Waals surface area contributed by atoms with Gasteiger partial charge >= 0.3 is 12.4 Å². The second-order valence-electron chi connectivity index (χ2n) is 11.2. The number of methoxy groups -OCH3 is 1. The maximum atomic E-state index is 13.1. The summed E-state index contributed by atoms with van der Waals surface area (Å²) >= 11 is 1.41. The highest BCUT2D eigenvalue weighted by atomic mass is 32.1. The van der Waals surface area contributed by atoms with Gasteiger partial charge in [-0.1, -0.05) is 51.1 Å². The van der Waals surface area contributed by atoms with Gasteiger partial charge in [0, 0.05) is 35.2 Å². The fourth-order valence-electron chi connectivity index (χ4n) is 5.16. The van der Waals surface area contributed by atoms with E-state index in [2.05, 4.69) is 45.9 Å². The molecule has 5 rings (SSSR count). The van der Waals surface area contributed by atoms with Gasteiger partial charge in [0.15, 0.2) is 10.6 Å². The van der Waals surface area contributed by atoms with Crippen LogP contribution in [0.2, 0.25) is 0 Å². The predicted molar refractivity (Wildman–Crippen MR) is 174 cm³/mol. The van der Waals surface area contributed by atoms with Gasteiger partial charge in [-0.15, -0.1) is 29.6 Å². The van der Waals surface area contributed by atoms with E-state index >= 15 is 0 Å². The lowest BCUT2D eigenvalue weighted by molar-refractivity contribution is -0.274. The molecule has 47 heavy (non-hydrogen) atoms. The number of hydrogen-bond donors (Lipinski definition) is 1. The van der Waals surface area contributed by atoms with Gasteiger partial charge in [0.1, 0.15) is 17.8 Å². The van der Waals surface area contributed by atoms with Crippen molar-refractivity contribution in [2.45, 2.75) is 52.3 Å². The third-order valence-corrected chi connectivity index (χ3v) is 8.58. The van der Waals surface area contributed by atoms with Crippen LogP contribution in [0.15, 0.2) is 83.4 Å². The van der Waals surface area contributed by atoms with E-state index in [1.807, 2.05) is 59.3 Å². The van der Waals surface area contributed by atoms with Gasteiger partial charge in [0.25, 0.3) is 0 Å². The summed E-state index contributed by atoms with van der Waals surface area (Å²) in [5, 5.41) is 9.43. The van der Waals surface area contributed by atoms with E-state index in [1.165, 1.54) is 46.6 Å². The molecule has 1 unspecified atom stereocenters. The Morgan fingerprint density at radius 3 is 2.38 bits per heavy atom. The van der Waals surface area contributed by atoms with Crippen molar-refractivity contribution in [2.24, 2.45) is 4.99 Å². The van der Waals surface area contributed by atoms with Gasteiger partial charge in [-0.25, -0.2) is 14.5 Å². The summed E-state index contributed by atoms with van der Waals surface area (Å²) in [5.74, 6) is 1.19. The van der Waals surface area contributed by atoms with Crippen LogP contribution in [0.4, 0.5) is 18.0 Å². The highest BCUT2D eigenvalue weighted by Crippen LogP contribution is 2.28. The van der Waals surface area contributed by atoms with Crippen LogP contribution in [0.1, 0.15) is 55.8 Å². The molecule has 0 spiro atoms. The molecule has 0 saturated carbocycles. The van der Waals surface area contributed by atoms with E-state index in [-0.39, 0.29) is 17.6 Å². The predicted octanol–water partition coefficient (Wildman–Crippen LogP) is 7.93. The minimum absolute atomic E-state index is 0.0503. The van der Waals surface area contributed by atoms with Crippen molar-refractivity contribution < 1.29 is 27.4 Å². The zero-order chi connectivity index (χ0) is 33.7. The Hall–Kier alpha value is -4.91. The number of alkyl halides is 3. The van der Waals surface area contributed by atoms with E-state index in [4.69, 9.17) is 4.74 Å². The Balaban J connectivity index is 1.26. The fourth-order valence-corrected chi connectivity index (χ4v) is 6.02. The van der Waals surface area contributed by atoms with Gasteiger partial charge in [0.2, 0.25) is 0 Å². The maximum Gasteiger partial charge on any atom is 0.573 e. The molecular formula is C34H35F3N6O3S. The number of hydrogen-bond acceptors (Lipinski definition) is 6. The van der Waals surface area contributed by atoms with Gasteiger partial charge in [-0.2, -0.15) is 4.99 Å². The standard InChI is InChI=1S/C34H35F3N6O3S/c1-6-23(18-38-32(44)40-33-43(22(4)19-47-33)30-17-28(45-5)15-16-29(30)21(2)3)24-7-9-25(10-8-24)31-39-20-42(41-31)26-11-13-27(14-12-26)46-34(35,36)37/h7-17,19-21,23H,6,18H2,1-5H3,(H,38,44)/b40-33-. The molecule has 2 amide bonds. The number of aryl methyl sites for hydroxylation is 1. The van der Waals surface area contributed by atoms with Crippen LogP contribution < -0.4 is 19.6 Å². The normalized spacial score (nSPS) is 12.7. The molecule has 0 fully saturated rings. The highest BCUT2D eigenvalue weighted by Gasteiger charge is 2.31. The van der Waals surface area contributed by atoms with Crippen molar-refractivity contribution in [3.63, 3.8) is 0 Å². The summed E-state index contributed by atoms with van der Waals surface area (Å²) in [6.45, 7) is 8.70. The van der Waals surface area contributed by atoms with E-state index in [1.54, 1.807) is 7.11 Å². The molecule has 0 bridgehead atoms. The number of ether oxygens (including phenoxy) is 2. The number of nitrogens with one attached hydrogen (secondary N) is 1. The second-order valence-corrected chi connectivity index (χ2v) is 12.0. The van der Waals surface area contributed by atoms with Gasteiger partial charge in [0.05, 0.1) is 18.5 Å². The number of aromatic nitrogens is 4. The van der Waals surface area contributed by atoms with Crippen molar-refractivity contribution in [3.05, 3.63) is 100 Å². The number of amides is 2. The van der Waals surface area contributed by atoms with Gasteiger partial charge in [-0.05, 0) is 60.7 Å². The number of halogens is 3. The van der Waals surface area contributed by atoms with Crippen molar-refractivity contribution in [2.75, 3.05) is 13.7 Å². The maximum absolute atomic E-state index is 13.1. The lowest BCUT2D eigenvalue weighted by Gasteiger charge is -2.17. The molecule has 1 atom stereocenters. The molecule has 0 saturated heterocycles. The first kappa shape index (κ1) is 33.5. The van der Waals surface area contributed by atoms with Crippen LogP contribution in [0.3, 0.4) is 0 Å². The highest BCUT2D eigenvalue weighted by molar-refractivity contribution is 7.07. The summed E-state index contributed by atoms with van der Waals surface area (Å²) in [5.41, 5.74) is 5.37. The van der Waals surface area contributed by atoms with Crippen LogP contribution in [-0.2, 0) is 0 Å². The lowest BCUT2D eigenvalue weighted by atomic mass is 9.95. The minimum atomic E-state index is -4.76. The average molecular weight is 665 g/mol. The summed E-state index contributed by atoms with van der Waals surface area (Å²) in [7, 11) is 1.63. The molecule has 0 aliphatic carbocycles. The summed E-state index contributed by atoms with van der Waals surface area (Å²) < 4.78 is 50.2. The molecule has 246 valence electrons. The summed E-state index contributed by atoms with van der Waals surface area (Å²) in [6, 6.07) is 18.7. The molecule has 0 aliphatic rings. The van der Waals surface area contributed by atoms with Crippen LogP contribution in [0, 0.1) is 6.92 Å². The number of thiazole rings is 1. The second kappa shape index (κ2) is 14.2. The van der Waals surface area contributed by atoms with Crippen molar-refractivity contribution >= 4 is 17.4 Å². The largest absolute Gasteiger partial charge is 0.573 e. The van der Waals surface area contributed by atoms with E-state index in [9.17, 15) is 18.0 Å². The number of urea groups is 1. The van der Waals surface area contributed by atoms with Crippen LogP contribution >= 0.6 is 11.3 Å². The SMILES string of the molecule is CCC(CNC(=O)/N=c1\scc(C)n1-c1cc(OC)ccc1C(C)C)c1ccc(-c2ncn(-c3ccc(OC(F)(F)F)cc3)n2)cc1. The average Bonchev–Trinajstić information content (AvgIpc) is 3.68. The fraction of sp³-hybridized carbons (Fsp3) is 0.294. The zero-order valence-electron chi connectivity index (χ0n) is 26.6. The third-order valence-electron chi connectivity index (χ3n) is 7.64. The van der Waals surface area contributed by atoms with E-state index < -0.39 is 12.4 Å². The molecular weight excluding hydrogens is 629 g/mol. The van der Waals surface area contributed by atoms with Crippen LogP contribution in [-0.4, -0.2) is 45.4 Å². The quantitative estimate of drug-likeness (QED) is 0.164. The smallest absolute Gasteiger partial charge is 0.497 e. The Kier molecular flexibility index (Phi) is 10.1. The van der Waals surface area contributed by atoms with Crippen LogP contribution in [0.5, 0.6) is 11.5 Å². The van der Waals surface area contributed by atoms with E-state index in [0.717, 1.165) is 40.2 Å². The number of carbonyl (C=O) groups excluding carboxylic acids is 1. The van der Waals surface area contributed by atoms with Gasteiger partial charge < -0.3 is 14.8 Å². The number of benzene rings is 3. The Labute approximate surface area is 274 Å². The van der Waals surface area contributed by atoms with Gasteiger partial charge in [-0.3, -0.25) is 4.57 Å². The molecule has 5 aromatic rings. The zero-order valence-corrected chi connectivity index (χ0v) is 27.4. The summed E-state index contributed by atoms with van der Waals surface area (Å²) in [4.78, 5) is 22.4. The van der Waals surface area contributed by atoms with Crippen molar-refractivity contribution in [1.29, 1.82) is 0 Å². The number of nitrogens with zero attached hydrogens (tertiary/aromatic N) is 5. The molecule has 13 heteroatoms. The molecule has 0 aliphatic heterocycles. The Morgan fingerprint density at radius 2 is 1.74 bits per heavy atom. The monoisotopic (exact) mass is 664 g/mol. The molecule has 9 nitrogen and oxygen atoms in total. The molecule has 2 heterocycles. The first-order valence-electron chi connectivity index (χ1n) is 15.0. The Bertz CT molecular complexity index is 1890. The van der Waals surface area contributed by atoms with E-state index in [0.29, 0.717) is 22.9 Å². The molecule has 1 N–H and O–H groups in total. The topological polar surface area (TPSA) is 95.6 Å². The molecule has 2 aromatic heterocycles. The Morgan fingerprint density at radius 1 is 1.04 bits per heavy atom. The molecule has 3 aromatic carbocycles. The minimum Gasteiger partial charge on any atom is -0.497 e. The van der Waals surface area contributed by atoms with Crippen molar-refractivity contribution in [1.82, 2.24) is 24.6 Å². The first-order chi connectivity index (χ1) is 22.5. The number of rotatable bonds is 10. The summed E-state index contributed by atoms with van der Waals surface area (Å²) in [6.07, 6.45) is -2.47. The van der Waals surface area contributed by atoms with Crippen LogP contribution in [0.25, 0.3) is 22.8 Å². The lowest BCUT2D eigenvalue weighted by Crippen LogP contribution is -2.28. The third kappa shape index (κ3) is 8.09. The van der Waals surface area contributed by atoms with Crippen molar-refractivity contribution in [3.8, 4) is 34.3 Å².